The van der Waals surface area contributed by atoms with E-state index in [1.54, 1.807) is 6.20 Å². The SMILES string of the molecule is C[C@@H]1C[C@H](C)CN(C(=O)CC(c2ccccc2)c2cnc[nH]c2=O)C1. The minimum Gasteiger partial charge on any atom is -0.342 e. The first kappa shape index (κ1) is 17.4. The van der Waals surface area contributed by atoms with Crippen molar-refractivity contribution in [3.8, 4) is 0 Å². The van der Waals surface area contributed by atoms with Crippen LogP contribution in [-0.2, 0) is 4.79 Å². The number of aromatic amines is 1. The third kappa shape index (κ3) is 4.16. The van der Waals surface area contributed by atoms with Gasteiger partial charge in [-0.25, -0.2) is 4.98 Å². The van der Waals surface area contributed by atoms with Gasteiger partial charge in [0.1, 0.15) is 0 Å². The van der Waals surface area contributed by atoms with E-state index in [0.29, 0.717) is 17.4 Å². The van der Waals surface area contributed by atoms with Crippen LogP contribution in [-0.4, -0.2) is 33.9 Å². The molecule has 2 heterocycles. The molecule has 1 saturated heterocycles. The Hall–Kier alpha value is -2.43. The monoisotopic (exact) mass is 339 g/mol. The molecule has 0 saturated carbocycles. The first-order valence-corrected chi connectivity index (χ1v) is 8.90. The molecule has 2 aromatic rings. The number of benzene rings is 1. The maximum atomic E-state index is 13.0. The number of piperidine rings is 1. The average Bonchev–Trinajstić information content (AvgIpc) is 2.60. The third-order valence-electron chi connectivity index (χ3n) is 4.92. The Morgan fingerprint density at radius 3 is 2.56 bits per heavy atom. The van der Waals surface area contributed by atoms with Gasteiger partial charge in [-0.2, -0.15) is 0 Å². The molecule has 3 atom stereocenters. The molecule has 0 bridgehead atoms. The summed E-state index contributed by atoms with van der Waals surface area (Å²) in [6.07, 6.45) is 4.40. The van der Waals surface area contributed by atoms with Crippen molar-refractivity contribution in [1.29, 1.82) is 0 Å². The number of nitrogens with zero attached hydrogens (tertiary/aromatic N) is 2. The Kier molecular flexibility index (Phi) is 5.31. The van der Waals surface area contributed by atoms with E-state index in [4.69, 9.17) is 0 Å². The van der Waals surface area contributed by atoms with Crippen molar-refractivity contribution in [3.63, 3.8) is 0 Å². The molecule has 1 unspecified atom stereocenters. The second-order valence-corrected chi connectivity index (χ2v) is 7.25. The molecule has 1 amide bonds. The molecule has 1 fully saturated rings. The fourth-order valence-electron chi connectivity index (χ4n) is 3.87. The molecule has 0 aliphatic carbocycles. The Bertz CT molecular complexity index is 762. The summed E-state index contributed by atoms with van der Waals surface area (Å²) < 4.78 is 0. The number of carbonyl (C=O) groups is 1. The standard InChI is InChI=1S/C20H25N3O2/c1-14-8-15(2)12-23(11-14)19(24)9-17(16-6-4-3-5-7-16)18-10-21-13-22-20(18)25/h3-7,10,13-15,17H,8-9,11-12H2,1-2H3,(H,21,22,25)/t14-,15+,17?. The van der Waals surface area contributed by atoms with Crippen LogP contribution in [0.1, 0.15) is 43.7 Å². The smallest absolute Gasteiger partial charge is 0.254 e. The maximum Gasteiger partial charge on any atom is 0.254 e. The molecular weight excluding hydrogens is 314 g/mol. The van der Waals surface area contributed by atoms with Gasteiger partial charge in [-0.1, -0.05) is 44.2 Å². The molecule has 0 spiro atoms. The summed E-state index contributed by atoms with van der Waals surface area (Å²) in [7, 11) is 0. The van der Waals surface area contributed by atoms with Crippen LogP contribution in [0.5, 0.6) is 0 Å². The molecule has 5 nitrogen and oxygen atoms in total. The van der Waals surface area contributed by atoms with Gasteiger partial charge in [0.2, 0.25) is 5.91 Å². The van der Waals surface area contributed by atoms with Crippen molar-refractivity contribution in [1.82, 2.24) is 14.9 Å². The molecule has 1 aliphatic rings. The molecule has 25 heavy (non-hydrogen) atoms. The van der Waals surface area contributed by atoms with Gasteiger partial charge in [0.15, 0.2) is 0 Å². The summed E-state index contributed by atoms with van der Waals surface area (Å²) >= 11 is 0. The molecule has 3 rings (SSSR count). The van der Waals surface area contributed by atoms with Crippen LogP contribution in [0.4, 0.5) is 0 Å². The number of rotatable bonds is 4. The summed E-state index contributed by atoms with van der Waals surface area (Å²) in [5.41, 5.74) is 1.32. The van der Waals surface area contributed by atoms with Gasteiger partial charge in [0.05, 0.1) is 6.33 Å². The zero-order valence-electron chi connectivity index (χ0n) is 14.8. The molecule has 1 aromatic heterocycles. The highest BCUT2D eigenvalue weighted by molar-refractivity contribution is 5.78. The van der Waals surface area contributed by atoms with Gasteiger partial charge in [-0.05, 0) is 23.8 Å². The number of hydrogen-bond donors (Lipinski definition) is 1. The zero-order valence-corrected chi connectivity index (χ0v) is 14.8. The van der Waals surface area contributed by atoms with Crippen LogP contribution in [0, 0.1) is 11.8 Å². The lowest BCUT2D eigenvalue weighted by Gasteiger charge is -2.35. The van der Waals surface area contributed by atoms with Crippen LogP contribution in [0.15, 0.2) is 47.7 Å². The highest BCUT2D eigenvalue weighted by Crippen LogP contribution is 2.28. The van der Waals surface area contributed by atoms with Gasteiger partial charge in [0, 0.05) is 37.2 Å². The predicted molar refractivity (Wildman–Crippen MR) is 97.3 cm³/mol. The van der Waals surface area contributed by atoms with Crippen molar-refractivity contribution >= 4 is 5.91 Å². The zero-order chi connectivity index (χ0) is 17.8. The number of likely N-dealkylation sites (tertiary alicyclic amines) is 1. The number of amides is 1. The number of hydrogen-bond acceptors (Lipinski definition) is 3. The largest absolute Gasteiger partial charge is 0.342 e. The molecule has 1 aromatic carbocycles. The highest BCUT2D eigenvalue weighted by Gasteiger charge is 2.28. The van der Waals surface area contributed by atoms with E-state index in [9.17, 15) is 9.59 Å². The fraction of sp³-hybridized carbons (Fsp3) is 0.450. The molecule has 1 N–H and O–H groups in total. The summed E-state index contributed by atoms with van der Waals surface area (Å²) in [5, 5.41) is 0. The number of H-pyrrole nitrogens is 1. The highest BCUT2D eigenvalue weighted by atomic mass is 16.2. The van der Waals surface area contributed by atoms with E-state index in [1.807, 2.05) is 35.2 Å². The van der Waals surface area contributed by atoms with Gasteiger partial charge in [0.25, 0.3) is 5.56 Å². The number of nitrogens with one attached hydrogen (secondary N) is 1. The van der Waals surface area contributed by atoms with Crippen molar-refractivity contribution in [2.75, 3.05) is 13.1 Å². The quantitative estimate of drug-likeness (QED) is 0.931. The summed E-state index contributed by atoms with van der Waals surface area (Å²) in [4.78, 5) is 33.9. The summed E-state index contributed by atoms with van der Waals surface area (Å²) in [6, 6.07) is 9.73. The summed E-state index contributed by atoms with van der Waals surface area (Å²) in [6.45, 7) is 5.98. The van der Waals surface area contributed by atoms with Gasteiger partial charge in [-0.15, -0.1) is 0 Å². The third-order valence-corrected chi connectivity index (χ3v) is 4.92. The van der Waals surface area contributed by atoms with Gasteiger partial charge >= 0.3 is 0 Å². The van der Waals surface area contributed by atoms with Crippen molar-refractivity contribution < 1.29 is 4.79 Å². The van der Waals surface area contributed by atoms with Crippen LogP contribution in [0.25, 0.3) is 0 Å². The molecule has 5 heteroatoms. The van der Waals surface area contributed by atoms with Crippen LogP contribution >= 0.6 is 0 Å². The Labute approximate surface area is 148 Å². The number of aromatic nitrogens is 2. The van der Waals surface area contributed by atoms with Crippen molar-refractivity contribution in [2.45, 2.75) is 32.6 Å². The minimum absolute atomic E-state index is 0.107. The fourth-order valence-corrected chi connectivity index (χ4v) is 3.87. The van der Waals surface area contributed by atoms with Crippen LogP contribution in [0.3, 0.4) is 0 Å². The number of carbonyl (C=O) groups excluding carboxylic acids is 1. The van der Waals surface area contributed by atoms with Crippen molar-refractivity contribution in [3.05, 3.63) is 64.3 Å². The second kappa shape index (κ2) is 7.64. The first-order chi connectivity index (χ1) is 12.0. The van der Waals surface area contributed by atoms with Crippen LogP contribution < -0.4 is 5.56 Å². The Morgan fingerprint density at radius 2 is 1.92 bits per heavy atom. The van der Waals surface area contributed by atoms with E-state index in [2.05, 4.69) is 23.8 Å². The van der Waals surface area contributed by atoms with Gasteiger partial charge in [-0.3, -0.25) is 9.59 Å². The normalized spacial score (nSPS) is 21.8. The van der Waals surface area contributed by atoms with Crippen molar-refractivity contribution in [2.24, 2.45) is 11.8 Å². The lowest BCUT2D eigenvalue weighted by atomic mass is 9.88. The summed E-state index contributed by atoms with van der Waals surface area (Å²) in [5.74, 6) is 0.864. The van der Waals surface area contributed by atoms with Crippen LogP contribution in [0.2, 0.25) is 0 Å². The lowest BCUT2D eigenvalue weighted by Crippen LogP contribution is -2.43. The maximum absolute atomic E-state index is 13.0. The second-order valence-electron chi connectivity index (χ2n) is 7.25. The average molecular weight is 339 g/mol. The van der Waals surface area contributed by atoms with E-state index in [0.717, 1.165) is 25.1 Å². The predicted octanol–water partition coefficient (Wildman–Crippen LogP) is 2.80. The first-order valence-electron chi connectivity index (χ1n) is 8.90. The molecule has 0 radical (unpaired) electrons. The van der Waals surface area contributed by atoms with E-state index in [1.165, 1.54) is 6.33 Å². The minimum atomic E-state index is -0.279. The lowest BCUT2D eigenvalue weighted by molar-refractivity contribution is -0.134. The van der Waals surface area contributed by atoms with E-state index >= 15 is 0 Å². The topological polar surface area (TPSA) is 66.1 Å². The van der Waals surface area contributed by atoms with E-state index in [-0.39, 0.29) is 23.8 Å². The van der Waals surface area contributed by atoms with E-state index < -0.39 is 0 Å². The molecular formula is C20H25N3O2. The Balaban J connectivity index is 1.87. The molecule has 132 valence electrons. The Morgan fingerprint density at radius 1 is 1.24 bits per heavy atom. The van der Waals surface area contributed by atoms with Gasteiger partial charge < -0.3 is 9.88 Å². The molecule has 1 aliphatic heterocycles.